The number of halogens is 1. The number of hydrogen-bond donors (Lipinski definition) is 2. The van der Waals surface area contributed by atoms with Gasteiger partial charge >= 0.3 is 5.97 Å². The molecule has 2 rings (SSSR count). The van der Waals surface area contributed by atoms with Crippen molar-refractivity contribution in [2.24, 2.45) is 0 Å². The van der Waals surface area contributed by atoms with Crippen molar-refractivity contribution in [1.29, 1.82) is 0 Å². The maximum atomic E-state index is 12.4. The monoisotopic (exact) mass is 378 g/mol. The molecule has 1 aliphatic heterocycles. The van der Waals surface area contributed by atoms with E-state index in [4.69, 9.17) is 9.84 Å². The van der Waals surface area contributed by atoms with Gasteiger partial charge in [0.25, 0.3) is 10.0 Å². The van der Waals surface area contributed by atoms with Gasteiger partial charge in [0, 0.05) is 17.6 Å². The first-order valence-corrected chi connectivity index (χ1v) is 8.47. The van der Waals surface area contributed by atoms with Crippen LogP contribution in [0.25, 0.3) is 0 Å². The van der Waals surface area contributed by atoms with Crippen LogP contribution in [0.2, 0.25) is 0 Å². The highest BCUT2D eigenvalue weighted by atomic mass is 79.9. The molecule has 1 aromatic rings. The summed E-state index contributed by atoms with van der Waals surface area (Å²) in [6, 6.07) is 2.56. The smallest absolute Gasteiger partial charge is 0.335 e. The van der Waals surface area contributed by atoms with E-state index in [0.717, 1.165) is 6.07 Å². The first-order chi connectivity index (χ1) is 9.81. The fourth-order valence-electron chi connectivity index (χ4n) is 1.93. The maximum Gasteiger partial charge on any atom is 0.335 e. The van der Waals surface area contributed by atoms with E-state index < -0.39 is 16.0 Å². The lowest BCUT2D eigenvalue weighted by Gasteiger charge is -2.27. The third-order valence-corrected chi connectivity index (χ3v) is 5.73. The van der Waals surface area contributed by atoms with Crippen LogP contribution in [0.1, 0.15) is 15.9 Å². The van der Waals surface area contributed by atoms with Crippen molar-refractivity contribution in [2.45, 2.75) is 11.8 Å². The summed E-state index contributed by atoms with van der Waals surface area (Å²) in [4.78, 5) is 13.4. The largest absolute Gasteiger partial charge is 0.478 e. The Balaban J connectivity index is 2.36. The van der Waals surface area contributed by atoms with Crippen molar-refractivity contribution in [1.82, 2.24) is 9.84 Å². The lowest BCUT2D eigenvalue weighted by molar-refractivity contribution is 0.0272. The number of benzene rings is 1. The summed E-state index contributed by atoms with van der Waals surface area (Å²) in [5.74, 6) is -1.17. The summed E-state index contributed by atoms with van der Waals surface area (Å²) >= 11 is 3.21. The molecule has 1 aliphatic rings. The summed E-state index contributed by atoms with van der Waals surface area (Å²) in [6.07, 6.45) is 0. The quantitative estimate of drug-likeness (QED) is 0.810. The standard InChI is InChI=1S/C12H15BrN2O5S/c1-8-6-9(12(16)17)7-10(11(8)13)21(18,19)14-15-2-4-20-5-3-15/h6-7,14H,2-5H2,1H3,(H,16,17). The van der Waals surface area contributed by atoms with Gasteiger partial charge in [-0.15, -0.1) is 4.83 Å². The van der Waals surface area contributed by atoms with Crippen LogP contribution < -0.4 is 4.83 Å². The van der Waals surface area contributed by atoms with E-state index in [0.29, 0.717) is 36.3 Å². The molecule has 2 N–H and O–H groups in total. The molecule has 1 saturated heterocycles. The van der Waals surface area contributed by atoms with E-state index in [1.807, 2.05) is 0 Å². The fourth-order valence-corrected chi connectivity index (χ4v) is 4.10. The van der Waals surface area contributed by atoms with Crippen LogP contribution in [0.15, 0.2) is 21.5 Å². The number of carbonyl (C=O) groups is 1. The van der Waals surface area contributed by atoms with Crippen molar-refractivity contribution in [3.63, 3.8) is 0 Å². The minimum Gasteiger partial charge on any atom is -0.478 e. The number of rotatable bonds is 4. The number of hydrogen-bond acceptors (Lipinski definition) is 5. The normalized spacial score (nSPS) is 16.9. The number of carboxylic acid groups (broad SMARTS) is 1. The minimum atomic E-state index is -3.86. The molecule has 0 amide bonds. The molecule has 0 atom stereocenters. The SMILES string of the molecule is Cc1cc(C(=O)O)cc(S(=O)(=O)NN2CCOCC2)c1Br. The third kappa shape index (κ3) is 3.80. The van der Waals surface area contributed by atoms with Crippen LogP contribution >= 0.6 is 15.9 Å². The molecular formula is C12H15BrN2O5S. The zero-order valence-electron chi connectivity index (χ0n) is 11.3. The van der Waals surface area contributed by atoms with Crippen LogP contribution in [0, 0.1) is 6.92 Å². The molecule has 1 fully saturated rings. The molecule has 9 heteroatoms. The Labute approximate surface area is 131 Å². The van der Waals surface area contributed by atoms with Gasteiger partial charge in [-0.1, -0.05) is 0 Å². The highest BCUT2D eigenvalue weighted by Crippen LogP contribution is 2.27. The van der Waals surface area contributed by atoms with Gasteiger partial charge in [0.1, 0.15) is 0 Å². The van der Waals surface area contributed by atoms with E-state index in [2.05, 4.69) is 20.8 Å². The predicted molar refractivity (Wildman–Crippen MR) is 78.6 cm³/mol. The van der Waals surface area contributed by atoms with Gasteiger partial charge < -0.3 is 9.84 Å². The van der Waals surface area contributed by atoms with Crippen LogP contribution in [-0.2, 0) is 14.8 Å². The van der Waals surface area contributed by atoms with Gasteiger partial charge in [-0.05, 0) is 40.5 Å². The zero-order chi connectivity index (χ0) is 15.6. The van der Waals surface area contributed by atoms with Gasteiger partial charge in [0.05, 0.1) is 23.7 Å². The van der Waals surface area contributed by atoms with Gasteiger partial charge in [-0.2, -0.15) is 0 Å². The first kappa shape index (κ1) is 16.4. The third-order valence-electron chi connectivity index (χ3n) is 3.02. The van der Waals surface area contributed by atoms with E-state index in [1.54, 1.807) is 6.92 Å². The molecule has 116 valence electrons. The van der Waals surface area contributed by atoms with Gasteiger partial charge in [0.15, 0.2) is 0 Å². The van der Waals surface area contributed by atoms with E-state index in [1.165, 1.54) is 11.1 Å². The highest BCUT2D eigenvalue weighted by molar-refractivity contribution is 9.10. The fraction of sp³-hybridized carbons (Fsp3) is 0.417. The van der Waals surface area contributed by atoms with E-state index in [-0.39, 0.29) is 10.5 Å². The summed E-state index contributed by atoms with van der Waals surface area (Å²) in [6.45, 7) is 3.41. The lowest BCUT2D eigenvalue weighted by atomic mass is 10.1. The second-order valence-corrected chi connectivity index (χ2v) is 7.03. The van der Waals surface area contributed by atoms with E-state index in [9.17, 15) is 13.2 Å². The van der Waals surface area contributed by atoms with Crippen molar-refractivity contribution in [3.05, 3.63) is 27.7 Å². The number of aromatic carboxylic acids is 1. The topological polar surface area (TPSA) is 95.9 Å². The molecule has 0 saturated carbocycles. The molecule has 0 aliphatic carbocycles. The Morgan fingerprint density at radius 1 is 1.38 bits per heavy atom. The molecule has 0 bridgehead atoms. The number of carboxylic acids is 1. The van der Waals surface area contributed by atoms with Crippen LogP contribution in [0.4, 0.5) is 0 Å². The molecule has 0 aromatic heterocycles. The summed E-state index contributed by atoms with van der Waals surface area (Å²) in [5.41, 5.74) is 0.468. The van der Waals surface area contributed by atoms with Crippen molar-refractivity contribution < 1.29 is 23.1 Å². The average Bonchev–Trinajstić information content (AvgIpc) is 2.41. The van der Waals surface area contributed by atoms with E-state index >= 15 is 0 Å². The Hall–Kier alpha value is -1.00. The van der Waals surface area contributed by atoms with Crippen LogP contribution in [0.3, 0.4) is 0 Å². The Kier molecular flexibility index (Phi) is 4.99. The number of hydrazine groups is 1. The molecule has 1 aromatic carbocycles. The number of morpholine rings is 1. The molecule has 1 heterocycles. The molecular weight excluding hydrogens is 364 g/mol. The number of ether oxygens (including phenoxy) is 1. The Bertz CT molecular complexity index is 656. The molecule has 7 nitrogen and oxygen atoms in total. The summed E-state index contributed by atoms with van der Waals surface area (Å²) in [5, 5.41) is 10.6. The second-order valence-electron chi connectivity index (χ2n) is 4.60. The number of sulfonamides is 1. The van der Waals surface area contributed by atoms with Gasteiger partial charge in [-0.3, -0.25) is 0 Å². The zero-order valence-corrected chi connectivity index (χ0v) is 13.7. The van der Waals surface area contributed by atoms with Gasteiger partial charge in [-0.25, -0.2) is 18.2 Å². The number of nitrogens with zero attached hydrogens (tertiary/aromatic N) is 1. The van der Waals surface area contributed by atoms with Crippen molar-refractivity contribution in [3.8, 4) is 0 Å². The predicted octanol–water partition coefficient (Wildman–Crippen LogP) is 0.981. The minimum absolute atomic E-state index is 0.0712. The molecule has 0 radical (unpaired) electrons. The molecule has 21 heavy (non-hydrogen) atoms. The maximum absolute atomic E-state index is 12.4. The van der Waals surface area contributed by atoms with Gasteiger partial charge in [0.2, 0.25) is 0 Å². The number of nitrogens with one attached hydrogen (secondary N) is 1. The first-order valence-electron chi connectivity index (χ1n) is 6.20. The molecule has 0 unspecified atom stereocenters. The lowest BCUT2D eigenvalue weighted by Crippen LogP contribution is -2.48. The second kappa shape index (κ2) is 6.41. The highest BCUT2D eigenvalue weighted by Gasteiger charge is 2.24. The molecule has 0 spiro atoms. The summed E-state index contributed by atoms with van der Waals surface area (Å²) < 4.78 is 30.4. The van der Waals surface area contributed by atoms with Crippen molar-refractivity contribution >= 4 is 31.9 Å². The van der Waals surface area contributed by atoms with Crippen LogP contribution in [0.5, 0.6) is 0 Å². The Morgan fingerprint density at radius 2 is 2.00 bits per heavy atom. The van der Waals surface area contributed by atoms with Crippen LogP contribution in [-0.4, -0.2) is 50.8 Å². The van der Waals surface area contributed by atoms with Crippen molar-refractivity contribution in [2.75, 3.05) is 26.3 Å². The summed E-state index contributed by atoms with van der Waals surface area (Å²) in [7, 11) is -3.86. The Morgan fingerprint density at radius 3 is 2.57 bits per heavy atom. The average molecular weight is 379 g/mol. The number of aryl methyl sites for hydroxylation is 1.